The second-order valence-electron chi connectivity index (χ2n) is 7.64. The first-order valence-electron chi connectivity index (χ1n) is 10.1. The highest BCUT2D eigenvalue weighted by Crippen LogP contribution is 2.40. The first-order valence-corrected chi connectivity index (χ1v) is 11.3. The molecule has 8 heteroatoms. The molecule has 0 fully saturated rings. The highest BCUT2D eigenvalue weighted by molar-refractivity contribution is 9.10. The number of hydrogen-bond donors (Lipinski definition) is 0. The number of halogens is 3. The average molecular weight is 532 g/mol. The van der Waals surface area contributed by atoms with Gasteiger partial charge in [0.05, 0.1) is 17.2 Å². The molecule has 0 atom stereocenters. The summed E-state index contributed by atoms with van der Waals surface area (Å²) in [5, 5.41) is 0.287. The highest BCUT2D eigenvalue weighted by atomic mass is 79.9. The van der Waals surface area contributed by atoms with Gasteiger partial charge in [0.15, 0.2) is 12.6 Å². The predicted octanol–water partition coefficient (Wildman–Crippen LogP) is 6.61. The number of ether oxygens (including phenoxy) is 4. The van der Waals surface area contributed by atoms with E-state index >= 15 is 0 Å². The minimum absolute atomic E-state index is 0.0516. The Labute approximate surface area is 202 Å². The van der Waals surface area contributed by atoms with Crippen LogP contribution >= 0.6 is 27.5 Å². The molecule has 0 radical (unpaired) electrons. The highest BCUT2D eigenvalue weighted by Gasteiger charge is 2.31. The van der Waals surface area contributed by atoms with Gasteiger partial charge in [0.2, 0.25) is 5.78 Å². The zero-order chi connectivity index (χ0) is 23.1. The normalized spacial score (nSPS) is 15.6. The first kappa shape index (κ1) is 21.9. The van der Waals surface area contributed by atoms with E-state index in [0.29, 0.717) is 40.5 Å². The Balaban J connectivity index is 1.43. The molecule has 3 aromatic carbocycles. The molecule has 2 heterocycles. The van der Waals surface area contributed by atoms with E-state index in [2.05, 4.69) is 15.9 Å². The minimum atomic E-state index is -0.443. The van der Waals surface area contributed by atoms with Gasteiger partial charge in [0.25, 0.3) is 0 Å². The summed E-state index contributed by atoms with van der Waals surface area (Å²) in [7, 11) is 0. The van der Waals surface area contributed by atoms with Crippen LogP contribution in [0, 0.1) is 12.7 Å². The molecule has 0 unspecified atom stereocenters. The fourth-order valence-corrected chi connectivity index (χ4v) is 4.58. The lowest BCUT2D eigenvalue weighted by molar-refractivity contribution is -0.0165. The maximum atomic E-state index is 14.0. The third-order valence-electron chi connectivity index (χ3n) is 5.38. The number of hydrogen-bond acceptors (Lipinski definition) is 5. The Morgan fingerprint density at radius 3 is 2.91 bits per heavy atom. The Bertz CT molecular complexity index is 1300. The number of carbonyl (C=O) groups is 1. The number of allylic oxidation sites excluding steroid dienone is 1. The second-order valence-corrected chi connectivity index (χ2v) is 8.96. The fraction of sp³-hybridized carbons (Fsp3) is 0.160. The Hall–Kier alpha value is -2.87. The van der Waals surface area contributed by atoms with Crippen molar-refractivity contribution in [2.75, 3.05) is 6.79 Å². The molecule has 0 saturated heterocycles. The zero-order valence-corrected chi connectivity index (χ0v) is 19.8. The van der Waals surface area contributed by atoms with Crippen LogP contribution in [0.15, 0.2) is 52.7 Å². The lowest BCUT2D eigenvalue weighted by atomic mass is 10.0. The molecule has 2 aliphatic heterocycles. The van der Waals surface area contributed by atoms with Crippen molar-refractivity contribution in [3.8, 4) is 17.2 Å². The molecule has 0 bridgehead atoms. The van der Waals surface area contributed by atoms with Crippen molar-refractivity contribution in [2.24, 2.45) is 0 Å². The predicted molar refractivity (Wildman–Crippen MR) is 124 cm³/mol. The maximum absolute atomic E-state index is 14.0. The van der Waals surface area contributed by atoms with Crippen molar-refractivity contribution in [2.45, 2.75) is 20.1 Å². The first-order chi connectivity index (χ1) is 15.9. The van der Waals surface area contributed by atoms with Gasteiger partial charge in [0.1, 0.15) is 29.7 Å². The molecule has 0 spiro atoms. The van der Waals surface area contributed by atoms with Gasteiger partial charge >= 0.3 is 0 Å². The molecular weight excluding hydrogens is 515 g/mol. The molecule has 3 aromatic rings. The van der Waals surface area contributed by atoms with E-state index in [1.54, 1.807) is 31.2 Å². The van der Waals surface area contributed by atoms with Crippen molar-refractivity contribution in [1.82, 2.24) is 0 Å². The number of benzene rings is 3. The summed E-state index contributed by atoms with van der Waals surface area (Å²) in [6.45, 7) is 2.31. The van der Waals surface area contributed by atoms with Gasteiger partial charge in [-0.05, 0) is 48.9 Å². The lowest BCUT2D eigenvalue weighted by Crippen LogP contribution is -2.12. The van der Waals surface area contributed by atoms with Crippen LogP contribution in [-0.2, 0) is 18.0 Å². The summed E-state index contributed by atoms with van der Waals surface area (Å²) in [5.74, 6) is 0.993. The van der Waals surface area contributed by atoms with Gasteiger partial charge in [-0.15, -0.1) is 0 Å². The van der Waals surface area contributed by atoms with Crippen LogP contribution in [-0.4, -0.2) is 12.6 Å². The fourth-order valence-electron chi connectivity index (χ4n) is 3.84. The molecule has 0 aromatic heterocycles. The molecule has 5 nitrogen and oxygen atoms in total. The van der Waals surface area contributed by atoms with Gasteiger partial charge in [-0.3, -0.25) is 4.79 Å². The monoisotopic (exact) mass is 530 g/mol. The molecule has 0 saturated carbocycles. The van der Waals surface area contributed by atoms with E-state index < -0.39 is 5.82 Å². The van der Waals surface area contributed by atoms with Crippen molar-refractivity contribution in [1.29, 1.82) is 0 Å². The summed E-state index contributed by atoms with van der Waals surface area (Å²) < 4.78 is 37.5. The number of fused-ring (bicyclic) bond motifs is 2. The van der Waals surface area contributed by atoms with Crippen LogP contribution < -0.4 is 14.2 Å². The van der Waals surface area contributed by atoms with Gasteiger partial charge in [-0.2, -0.15) is 0 Å². The molecular formula is C25H17BrClFO5. The Kier molecular flexibility index (Phi) is 5.86. The molecule has 168 valence electrons. The molecule has 0 aliphatic carbocycles. The van der Waals surface area contributed by atoms with Gasteiger partial charge < -0.3 is 18.9 Å². The summed E-state index contributed by atoms with van der Waals surface area (Å²) in [5.41, 5.74) is 3.01. The quantitative estimate of drug-likeness (QED) is 0.355. The molecule has 5 rings (SSSR count). The van der Waals surface area contributed by atoms with Crippen molar-refractivity contribution in [3.05, 3.63) is 91.4 Å². The van der Waals surface area contributed by atoms with Crippen LogP contribution in [0.3, 0.4) is 0 Å². The average Bonchev–Trinajstić information content (AvgIpc) is 3.09. The Morgan fingerprint density at radius 2 is 2.09 bits per heavy atom. The van der Waals surface area contributed by atoms with E-state index in [4.69, 9.17) is 30.5 Å². The van der Waals surface area contributed by atoms with E-state index in [-0.39, 0.29) is 35.5 Å². The van der Waals surface area contributed by atoms with E-state index in [0.717, 1.165) is 10.0 Å². The van der Waals surface area contributed by atoms with E-state index in [1.807, 2.05) is 12.1 Å². The number of ketones is 1. The van der Waals surface area contributed by atoms with Crippen LogP contribution in [0.4, 0.5) is 4.39 Å². The third kappa shape index (κ3) is 4.24. The van der Waals surface area contributed by atoms with E-state index in [1.165, 1.54) is 12.1 Å². The van der Waals surface area contributed by atoms with E-state index in [9.17, 15) is 9.18 Å². The zero-order valence-electron chi connectivity index (χ0n) is 17.4. The number of aryl methyl sites for hydroxylation is 1. The lowest BCUT2D eigenvalue weighted by Gasteiger charge is -2.20. The Morgan fingerprint density at radius 1 is 1.24 bits per heavy atom. The molecule has 0 N–H and O–H groups in total. The standard InChI is InChI=1S/C25H17BrClFO5/c1-13-5-17(31-11-18-19(27)3-2-4-20(18)28)9-21-23(13)24(29)22(33-21)8-14-6-16(26)7-15-10-30-12-32-25(14)15/h2-9H,10-12H2,1H3/b22-8-. The SMILES string of the molecule is Cc1cc(OCc2c(F)cccc2Cl)cc2c1C(=O)/C(=C/c1cc(Br)cc3c1OCOC3)O2. The topological polar surface area (TPSA) is 54.0 Å². The van der Waals surface area contributed by atoms with Crippen molar-refractivity contribution in [3.63, 3.8) is 0 Å². The summed E-state index contributed by atoms with van der Waals surface area (Å²) in [4.78, 5) is 13.1. The van der Waals surface area contributed by atoms with Crippen molar-refractivity contribution >= 4 is 39.4 Å². The van der Waals surface area contributed by atoms with Gasteiger partial charge in [-0.25, -0.2) is 4.39 Å². The molecule has 0 amide bonds. The van der Waals surface area contributed by atoms with Gasteiger partial charge in [-0.1, -0.05) is 33.6 Å². The second kappa shape index (κ2) is 8.82. The molecule has 33 heavy (non-hydrogen) atoms. The summed E-state index contributed by atoms with van der Waals surface area (Å²) in [6.07, 6.45) is 1.66. The van der Waals surface area contributed by atoms with Gasteiger partial charge in [0, 0.05) is 27.2 Å². The number of rotatable bonds is 4. The van der Waals surface area contributed by atoms with Crippen LogP contribution in [0.1, 0.15) is 32.6 Å². The largest absolute Gasteiger partial charge is 0.489 e. The smallest absolute Gasteiger partial charge is 0.232 e. The minimum Gasteiger partial charge on any atom is -0.489 e. The maximum Gasteiger partial charge on any atom is 0.232 e. The van der Waals surface area contributed by atoms with Crippen molar-refractivity contribution < 1.29 is 28.1 Å². The van der Waals surface area contributed by atoms with Crippen LogP contribution in [0.25, 0.3) is 6.08 Å². The molecule has 2 aliphatic rings. The summed E-state index contributed by atoms with van der Waals surface area (Å²) in [6, 6.07) is 11.6. The number of carbonyl (C=O) groups excluding carboxylic acids is 1. The van der Waals surface area contributed by atoms with Crippen LogP contribution in [0.2, 0.25) is 5.02 Å². The number of Topliss-reactive ketones (excluding diaryl/α,β-unsaturated/α-hetero) is 1. The third-order valence-corrected chi connectivity index (χ3v) is 6.19. The van der Waals surface area contributed by atoms with Crippen LogP contribution in [0.5, 0.6) is 17.2 Å². The summed E-state index contributed by atoms with van der Waals surface area (Å²) >= 11 is 9.56.